The third-order valence-corrected chi connectivity index (χ3v) is 6.05. The molecule has 2 fully saturated rings. The summed E-state index contributed by atoms with van der Waals surface area (Å²) >= 11 is 6.38. The Kier molecular flexibility index (Phi) is 6.31. The van der Waals surface area contributed by atoms with Gasteiger partial charge in [0.1, 0.15) is 11.5 Å². The predicted molar refractivity (Wildman–Crippen MR) is 118 cm³/mol. The Hall–Kier alpha value is -2.18. The number of benzene rings is 1. The van der Waals surface area contributed by atoms with Crippen LogP contribution in [0.15, 0.2) is 29.4 Å². The summed E-state index contributed by atoms with van der Waals surface area (Å²) < 4.78 is 14.5. The lowest BCUT2D eigenvalue weighted by molar-refractivity contribution is 0.390. The highest BCUT2D eigenvalue weighted by molar-refractivity contribution is 6.34. The topological polar surface area (TPSA) is 61.3 Å². The Morgan fingerprint density at radius 2 is 2.00 bits per heavy atom. The Morgan fingerprint density at radius 3 is 2.69 bits per heavy atom. The lowest BCUT2D eigenvalue weighted by atomic mass is 9.98. The maximum absolute atomic E-state index is 14.5. The molecule has 154 valence electrons. The van der Waals surface area contributed by atoms with E-state index in [2.05, 4.69) is 32.6 Å². The minimum atomic E-state index is -0.187. The first-order valence-electron chi connectivity index (χ1n) is 10.3. The van der Waals surface area contributed by atoms with Crippen LogP contribution in [0.2, 0.25) is 5.02 Å². The Bertz CT molecular complexity index is 878. The van der Waals surface area contributed by atoms with Crippen molar-refractivity contribution in [2.45, 2.75) is 38.1 Å². The average Bonchev–Trinajstić information content (AvgIpc) is 3.58. The first kappa shape index (κ1) is 20.1. The zero-order valence-corrected chi connectivity index (χ0v) is 17.2. The molecule has 1 aromatic heterocycles. The van der Waals surface area contributed by atoms with Crippen LogP contribution in [0.4, 0.5) is 21.6 Å². The van der Waals surface area contributed by atoms with Crippen molar-refractivity contribution < 1.29 is 4.39 Å². The molecular formula is C22H27ClFN5. The second-order valence-corrected chi connectivity index (χ2v) is 8.30. The van der Waals surface area contributed by atoms with Crippen molar-refractivity contribution in [3.63, 3.8) is 0 Å². The van der Waals surface area contributed by atoms with Gasteiger partial charge in [0.25, 0.3) is 0 Å². The second kappa shape index (κ2) is 9.09. The van der Waals surface area contributed by atoms with Crippen molar-refractivity contribution in [1.82, 2.24) is 10.3 Å². The van der Waals surface area contributed by atoms with Crippen LogP contribution in [0.25, 0.3) is 0 Å². The molecule has 4 rings (SSSR count). The first-order chi connectivity index (χ1) is 14.2. The molecule has 0 unspecified atom stereocenters. The number of piperidine rings is 1. The van der Waals surface area contributed by atoms with Crippen molar-refractivity contribution in [2.75, 3.05) is 30.3 Å². The molecule has 2 heterocycles. The molecule has 1 aliphatic heterocycles. The number of nitrogens with one attached hydrogen (secondary N) is 3. The SMILES string of the molecule is C=Nc1c(NCc2ccc(C3CC3)cc2F)ncc(Cl)c1NCC1CCNCC1. The maximum Gasteiger partial charge on any atom is 0.154 e. The van der Waals surface area contributed by atoms with Crippen molar-refractivity contribution in [1.29, 1.82) is 0 Å². The van der Waals surface area contributed by atoms with Gasteiger partial charge in [-0.3, -0.25) is 4.99 Å². The first-order valence-corrected chi connectivity index (χ1v) is 10.7. The highest BCUT2D eigenvalue weighted by Crippen LogP contribution is 2.41. The van der Waals surface area contributed by atoms with Crippen LogP contribution in [0.3, 0.4) is 0 Å². The van der Waals surface area contributed by atoms with Crippen LogP contribution < -0.4 is 16.0 Å². The van der Waals surface area contributed by atoms with Crippen LogP contribution in [0.5, 0.6) is 0 Å². The van der Waals surface area contributed by atoms with E-state index >= 15 is 0 Å². The summed E-state index contributed by atoms with van der Waals surface area (Å²) in [5.74, 6) is 1.49. The lowest BCUT2D eigenvalue weighted by Gasteiger charge is -2.24. The summed E-state index contributed by atoms with van der Waals surface area (Å²) in [5.41, 5.74) is 2.99. The lowest BCUT2D eigenvalue weighted by Crippen LogP contribution is -2.31. The number of anilines is 2. The van der Waals surface area contributed by atoms with Crippen molar-refractivity contribution >= 4 is 35.5 Å². The third-order valence-electron chi connectivity index (χ3n) is 5.76. The van der Waals surface area contributed by atoms with Crippen molar-refractivity contribution in [3.8, 4) is 0 Å². The molecule has 3 N–H and O–H groups in total. The molecule has 1 saturated heterocycles. The number of nitrogens with zero attached hydrogens (tertiary/aromatic N) is 2. The van der Waals surface area contributed by atoms with E-state index in [1.165, 1.54) is 0 Å². The largest absolute Gasteiger partial charge is 0.382 e. The van der Waals surface area contributed by atoms with Crippen LogP contribution in [-0.2, 0) is 6.54 Å². The Morgan fingerprint density at radius 1 is 1.21 bits per heavy atom. The fraction of sp³-hybridized carbons (Fsp3) is 0.455. The Labute approximate surface area is 176 Å². The highest BCUT2D eigenvalue weighted by Gasteiger charge is 2.24. The van der Waals surface area contributed by atoms with Gasteiger partial charge in [-0.05, 0) is 69.0 Å². The molecule has 7 heteroatoms. The molecule has 0 radical (unpaired) electrons. The van der Waals surface area contributed by atoms with Crippen LogP contribution in [-0.4, -0.2) is 31.3 Å². The number of halogens is 2. The van der Waals surface area contributed by atoms with Gasteiger partial charge in [-0.2, -0.15) is 0 Å². The molecule has 1 aliphatic carbocycles. The Balaban J connectivity index is 1.46. The number of pyridine rings is 1. The average molecular weight is 416 g/mol. The van der Waals surface area contributed by atoms with E-state index < -0.39 is 0 Å². The minimum absolute atomic E-state index is 0.187. The van der Waals surface area contributed by atoms with Gasteiger partial charge in [0, 0.05) is 18.7 Å². The highest BCUT2D eigenvalue weighted by atomic mass is 35.5. The monoisotopic (exact) mass is 415 g/mol. The zero-order chi connectivity index (χ0) is 20.2. The number of hydrogen-bond donors (Lipinski definition) is 3. The molecule has 2 aliphatic rings. The molecule has 29 heavy (non-hydrogen) atoms. The fourth-order valence-corrected chi connectivity index (χ4v) is 4.02. The molecule has 1 saturated carbocycles. The molecule has 0 bridgehead atoms. The molecule has 0 spiro atoms. The number of aromatic nitrogens is 1. The van der Waals surface area contributed by atoms with E-state index in [-0.39, 0.29) is 5.82 Å². The molecular weight excluding hydrogens is 389 g/mol. The van der Waals surface area contributed by atoms with Gasteiger partial charge in [0.2, 0.25) is 0 Å². The van der Waals surface area contributed by atoms with E-state index in [0.29, 0.717) is 40.5 Å². The van der Waals surface area contributed by atoms with E-state index in [1.54, 1.807) is 12.3 Å². The molecule has 0 amide bonds. The molecule has 1 aromatic carbocycles. The van der Waals surface area contributed by atoms with Gasteiger partial charge in [0.15, 0.2) is 5.82 Å². The van der Waals surface area contributed by atoms with Gasteiger partial charge in [-0.25, -0.2) is 9.37 Å². The minimum Gasteiger partial charge on any atom is -0.382 e. The second-order valence-electron chi connectivity index (χ2n) is 7.89. The maximum atomic E-state index is 14.5. The van der Waals surface area contributed by atoms with Crippen LogP contribution in [0, 0.1) is 11.7 Å². The van der Waals surface area contributed by atoms with Gasteiger partial charge < -0.3 is 16.0 Å². The summed E-state index contributed by atoms with van der Waals surface area (Å²) in [6, 6.07) is 5.53. The van der Waals surface area contributed by atoms with Crippen molar-refractivity contribution in [2.24, 2.45) is 10.9 Å². The summed E-state index contributed by atoms with van der Waals surface area (Å²) in [6.45, 7) is 6.92. The van der Waals surface area contributed by atoms with Gasteiger partial charge in [0.05, 0.1) is 16.9 Å². The summed E-state index contributed by atoms with van der Waals surface area (Å²) in [4.78, 5) is 8.50. The van der Waals surface area contributed by atoms with E-state index in [0.717, 1.165) is 56.6 Å². The third kappa shape index (κ3) is 4.87. The summed E-state index contributed by atoms with van der Waals surface area (Å²) in [5, 5.41) is 10.5. The summed E-state index contributed by atoms with van der Waals surface area (Å²) in [7, 11) is 0. The fourth-order valence-electron chi connectivity index (χ4n) is 3.82. The smallest absolute Gasteiger partial charge is 0.154 e. The van der Waals surface area contributed by atoms with E-state index in [1.807, 2.05) is 12.1 Å². The summed E-state index contributed by atoms with van der Waals surface area (Å²) in [6.07, 6.45) is 6.18. The number of rotatable bonds is 8. The van der Waals surface area contributed by atoms with Gasteiger partial charge in [-0.1, -0.05) is 23.7 Å². The molecule has 2 aromatic rings. The predicted octanol–water partition coefficient (Wildman–Crippen LogP) is 5.11. The normalized spacial score (nSPS) is 17.2. The van der Waals surface area contributed by atoms with Gasteiger partial charge >= 0.3 is 0 Å². The zero-order valence-electron chi connectivity index (χ0n) is 16.5. The van der Waals surface area contributed by atoms with Crippen LogP contribution in [0.1, 0.15) is 42.7 Å². The number of hydrogen-bond acceptors (Lipinski definition) is 5. The quantitative estimate of drug-likeness (QED) is 0.524. The van der Waals surface area contributed by atoms with E-state index in [4.69, 9.17) is 11.6 Å². The van der Waals surface area contributed by atoms with Gasteiger partial charge in [-0.15, -0.1) is 0 Å². The van der Waals surface area contributed by atoms with Crippen LogP contribution >= 0.6 is 11.6 Å². The molecule has 5 nitrogen and oxygen atoms in total. The van der Waals surface area contributed by atoms with E-state index in [9.17, 15) is 4.39 Å². The van der Waals surface area contributed by atoms with Crippen molar-refractivity contribution in [3.05, 3.63) is 46.4 Å². The molecule has 0 atom stereocenters. The number of aliphatic imine (C=N–C) groups is 1. The standard InChI is InChI=1S/C22H27ClFN5/c1-25-21-20(27-11-14-6-8-26-9-7-14)18(23)13-29-22(21)28-12-17-5-4-16(10-19(17)24)15-2-3-15/h4-5,10,13-15,26H,1-3,6-9,11-12H2,(H2,27,28,29).